The van der Waals surface area contributed by atoms with Gasteiger partial charge < -0.3 is 5.32 Å². The Labute approximate surface area is 146 Å². The molecule has 2 rings (SSSR count). The van der Waals surface area contributed by atoms with Gasteiger partial charge in [0.2, 0.25) is 0 Å². The highest BCUT2D eigenvalue weighted by molar-refractivity contribution is 5.85. The Hall–Kier alpha value is -0.350. The minimum Gasteiger partial charge on any atom is -0.314 e. The molecule has 1 fully saturated rings. The van der Waals surface area contributed by atoms with E-state index in [4.69, 9.17) is 0 Å². The second kappa shape index (κ2) is 10.4. The van der Waals surface area contributed by atoms with E-state index in [1.807, 2.05) is 19.1 Å². The minimum atomic E-state index is -0.100. The lowest BCUT2D eigenvalue weighted by atomic mass is 9.94. The molecule has 0 bridgehead atoms. The number of nitrogens with zero attached hydrogens (tertiary/aromatic N) is 1. The first-order chi connectivity index (χ1) is 9.58. The van der Waals surface area contributed by atoms with Gasteiger partial charge in [0.15, 0.2) is 0 Å². The highest BCUT2D eigenvalue weighted by Gasteiger charge is 2.22. The third-order valence-electron chi connectivity index (χ3n) is 4.18. The van der Waals surface area contributed by atoms with Gasteiger partial charge in [-0.3, -0.25) is 4.90 Å². The van der Waals surface area contributed by atoms with E-state index in [1.165, 1.54) is 12.0 Å². The van der Waals surface area contributed by atoms with Gasteiger partial charge in [-0.15, -0.1) is 24.8 Å². The normalized spacial score (nSPS) is 16.8. The van der Waals surface area contributed by atoms with Crippen LogP contribution in [0.15, 0.2) is 18.2 Å². The molecule has 1 atom stereocenters. The molecule has 0 amide bonds. The predicted molar refractivity (Wildman–Crippen MR) is 96.9 cm³/mol. The summed E-state index contributed by atoms with van der Waals surface area (Å²) in [6, 6.07) is 6.05. The summed E-state index contributed by atoms with van der Waals surface area (Å²) >= 11 is 0. The molecule has 22 heavy (non-hydrogen) atoms. The Bertz CT molecular complexity index is 435. The van der Waals surface area contributed by atoms with E-state index in [2.05, 4.69) is 24.1 Å². The fourth-order valence-electron chi connectivity index (χ4n) is 2.92. The molecule has 0 spiro atoms. The van der Waals surface area contributed by atoms with E-state index in [0.29, 0.717) is 12.0 Å². The quantitative estimate of drug-likeness (QED) is 0.848. The summed E-state index contributed by atoms with van der Waals surface area (Å²) in [6.45, 7) is 10.7. The van der Waals surface area contributed by atoms with Gasteiger partial charge in [-0.05, 0) is 42.9 Å². The lowest BCUT2D eigenvalue weighted by Gasteiger charge is -2.36. The van der Waals surface area contributed by atoms with Crippen LogP contribution < -0.4 is 5.32 Å². The maximum Gasteiger partial charge on any atom is 0.126 e. The van der Waals surface area contributed by atoms with Crippen molar-refractivity contribution in [2.24, 2.45) is 5.92 Å². The molecule has 0 aromatic heterocycles. The van der Waals surface area contributed by atoms with Crippen molar-refractivity contribution in [1.29, 1.82) is 0 Å². The standard InChI is InChI=1S/C17H27FN2.2ClH/c1-13(2)4-7-17(20-10-8-19-9-11-20)15-5-6-16(18)14(3)12-15;;/h5-6,12-13,17,19H,4,7-11H2,1-3H3;2*1H/t17-;;/m1../s1. The zero-order valence-electron chi connectivity index (χ0n) is 13.8. The zero-order valence-corrected chi connectivity index (χ0v) is 15.4. The molecule has 0 radical (unpaired) electrons. The van der Waals surface area contributed by atoms with E-state index >= 15 is 0 Å². The average molecular weight is 351 g/mol. The number of hydrogen-bond donors (Lipinski definition) is 1. The van der Waals surface area contributed by atoms with E-state index in [1.54, 1.807) is 6.07 Å². The fraction of sp³-hybridized carbons (Fsp3) is 0.647. The summed E-state index contributed by atoms with van der Waals surface area (Å²) in [6.07, 6.45) is 2.37. The molecule has 1 aromatic rings. The summed E-state index contributed by atoms with van der Waals surface area (Å²) in [7, 11) is 0. The number of halogens is 3. The van der Waals surface area contributed by atoms with Crippen LogP contribution in [0.5, 0.6) is 0 Å². The summed E-state index contributed by atoms with van der Waals surface area (Å²) in [5.41, 5.74) is 2.03. The van der Waals surface area contributed by atoms with Crippen molar-refractivity contribution in [3.63, 3.8) is 0 Å². The first kappa shape index (κ1) is 21.6. The lowest BCUT2D eigenvalue weighted by molar-refractivity contribution is 0.159. The maximum atomic E-state index is 13.5. The van der Waals surface area contributed by atoms with Crippen LogP contribution in [0.4, 0.5) is 4.39 Å². The van der Waals surface area contributed by atoms with Gasteiger partial charge in [-0.25, -0.2) is 4.39 Å². The van der Waals surface area contributed by atoms with E-state index in [9.17, 15) is 4.39 Å². The Morgan fingerprint density at radius 3 is 2.32 bits per heavy atom. The van der Waals surface area contributed by atoms with Crippen LogP contribution in [0.1, 0.15) is 43.9 Å². The smallest absolute Gasteiger partial charge is 0.126 e. The number of hydrogen-bond acceptors (Lipinski definition) is 2. The zero-order chi connectivity index (χ0) is 14.5. The Morgan fingerprint density at radius 1 is 1.14 bits per heavy atom. The van der Waals surface area contributed by atoms with Crippen LogP contribution in [0.3, 0.4) is 0 Å². The summed E-state index contributed by atoms with van der Waals surface area (Å²) < 4.78 is 13.5. The van der Waals surface area contributed by atoms with Crippen LogP contribution in [-0.2, 0) is 0 Å². The summed E-state index contributed by atoms with van der Waals surface area (Å²) in [5, 5.41) is 3.40. The van der Waals surface area contributed by atoms with Crippen molar-refractivity contribution in [3.8, 4) is 0 Å². The van der Waals surface area contributed by atoms with Crippen molar-refractivity contribution in [2.45, 2.75) is 39.7 Å². The summed E-state index contributed by atoms with van der Waals surface area (Å²) in [4.78, 5) is 2.55. The number of benzene rings is 1. The van der Waals surface area contributed by atoms with Crippen LogP contribution in [0, 0.1) is 18.7 Å². The summed E-state index contributed by atoms with van der Waals surface area (Å²) in [5.74, 6) is 0.610. The lowest BCUT2D eigenvalue weighted by Crippen LogP contribution is -2.45. The molecule has 1 aliphatic heterocycles. The van der Waals surface area contributed by atoms with Crippen molar-refractivity contribution >= 4 is 24.8 Å². The predicted octanol–water partition coefficient (Wildman–Crippen LogP) is 4.36. The molecular weight excluding hydrogens is 322 g/mol. The minimum absolute atomic E-state index is 0. The van der Waals surface area contributed by atoms with Gasteiger partial charge in [-0.2, -0.15) is 0 Å². The monoisotopic (exact) mass is 350 g/mol. The first-order valence-electron chi connectivity index (χ1n) is 7.78. The SMILES string of the molecule is Cc1cc([C@@H](CCC(C)C)N2CCNCC2)ccc1F.Cl.Cl. The molecular formula is C17H29Cl2FN2. The molecule has 128 valence electrons. The van der Waals surface area contributed by atoms with Crippen molar-refractivity contribution in [3.05, 3.63) is 35.1 Å². The van der Waals surface area contributed by atoms with Gasteiger partial charge in [0.05, 0.1) is 0 Å². The molecule has 1 aliphatic rings. The van der Waals surface area contributed by atoms with Crippen LogP contribution in [0.2, 0.25) is 0 Å². The molecule has 1 heterocycles. The molecule has 1 N–H and O–H groups in total. The van der Waals surface area contributed by atoms with E-state index < -0.39 is 0 Å². The highest BCUT2D eigenvalue weighted by atomic mass is 35.5. The van der Waals surface area contributed by atoms with Crippen molar-refractivity contribution < 1.29 is 4.39 Å². The van der Waals surface area contributed by atoms with Crippen LogP contribution in [0.25, 0.3) is 0 Å². The van der Waals surface area contributed by atoms with E-state index in [-0.39, 0.29) is 30.6 Å². The largest absolute Gasteiger partial charge is 0.314 e. The van der Waals surface area contributed by atoms with Gasteiger partial charge in [-0.1, -0.05) is 26.0 Å². The van der Waals surface area contributed by atoms with E-state index in [0.717, 1.165) is 38.2 Å². The molecule has 2 nitrogen and oxygen atoms in total. The first-order valence-corrected chi connectivity index (χ1v) is 7.78. The van der Waals surface area contributed by atoms with Crippen LogP contribution in [-0.4, -0.2) is 31.1 Å². The molecule has 1 saturated heterocycles. The maximum absolute atomic E-state index is 13.5. The molecule has 0 unspecified atom stereocenters. The van der Waals surface area contributed by atoms with Crippen LogP contribution >= 0.6 is 24.8 Å². The number of piperazine rings is 1. The second-order valence-corrected chi connectivity index (χ2v) is 6.28. The molecule has 0 saturated carbocycles. The molecule has 5 heteroatoms. The van der Waals surface area contributed by atoms with Gasteiger partial charge in [0.1, 0.15) is 5.82 Å². The topological polar surface area (TPSA) is 15.3 Å². The second-order valence-electron chi connectivity index (χ2n) is 6.28. The third kappa shape index (κ3) is 6.04. The fourth-order valence-corrected chi connectivity index (χ4v) is 2.92. The average Bonchev–Trinajstić information content (AvgIpc) is 2.44. The Kier molecular flexibility index (Phi) is 10.3. The van der Waals surface area contributed by atoms with Crippen molar-refractivity contribution in [2.75, 3.05) is 26.2 Å². The third-order valence-corrected chi connectivity index (χ3v) is 4.18. The Balaban J connectivity index is 0.00000220. The van der Waals surface area contributed by atoms with Gasteiger partial charge >= 0.3 is 0 Å². The van der Waals surface area contributed by atoms with Gasteiger partial charge in [0, 0.05) is 32.2 Å². The molecule has 0 aliphatic carbocycles. The highest BCUT2D eigenvalue weighted by Crippen LogP contribution is 2.28. The Morgan fingerprint density at radius 2 is 1.77 bits per heavy atom. The number of nitrogens with one attached hydrogen (secondary N) is 1. The van der Waals surface area contributed by atoms with Gasteiger partial charge in [0.25, 0.3) is 0 Å². The number of aryl methyl sites for hydroxylation is 1. The number of rotatable bonds is 5. The van der Waals surface area contributed by atoms with Crippen molar-refractivity contribution in [1.82, 2.24) is 10.2 Å². The molecule has 1 aromatic carbocycles.